The highest BCUT2D eigenvalue weighted by molar-refractivity contribution is 5.76. The van der Waals surface area contributed by atoms with Gasteiger partial charge in [-0.3, -0.25) is 4.79 Å². The highest BCUT2D eigenvalue weighted by atomic mass is 16.3. The molecule has 4 heteroatoms. The summed E-state index contributed by atoms with van der Waals surface area (Å²) in [6.07, 6.45) is 69.8. The van der Waals surface area contributed by atoms with Crippen molar-refractivity contribution in [2.45, 2.75) is 270 Å². The molecular weight excluding hydrogens is 711 g/mol. The van der Waals surface area contributed by atoms with Gasteiger partial charge in [0.1, 0.15) is 0 Å². The zero-order valence-electron chi connectivity index (χ0n) is 38.8. The Morgan fingerprint density at radius 2 is 0.793 bits per heavy atom. The second-order valence-corrected chi connectivity index (χ2v) is 17.2. The summed E-state index contributed by atoms with van der Waals surface area (Å²) in [5.41, 5.74) is 0. The highest BCUT2D eigenvalue weighted by Crippen LogP contribution is 2.16. The average Bonchev–Trinajstić information content (AvgIpc) is 3.23. The van der Waals surface area contributed by atoms with E-state index >= 15 is 0 Å². The van der Waals surface area contributed by atoms with Gasteiger partial charge in [-0.1, -0.05) is 241 Å². The quantitative estimate of drug-likeness (QED) is 0.0424. The first kappa shape index (κ1) is 56.1. The zero-order valence-corrected chi connectivity index (χ0v) is 38.8. The van der Waals surface area contributed by atoms with Gasteiger partial charge in [-0.25, -0.2) is 0 Å². The number of carbonyl (C=O) groups is 1. The van der Waals surface area contributed by atoms with Crippen LogP contribution in [0.25, 0.3) is 0 Å². The Hall–Kier alpha value is -1.91. The van der Waals surface area contributed by atoms with E-state index in [9.17, 15) is 15.0 Å². The second kappa shape index (κ2) is 49.5. The van der Waals surface area contributed by atoms with Crippen LogP contribution >= 0.6 is 0 Å². The zero-order chi connectivity index (χ0) is 42.1. The molecule has 0 rings (SSSR count). The van der Waals surface area contributed by atoms with Crippen LogP contribution in [0.2, 0.25) is 0 Å². The molecule has 338 valence electrons. The van der Waals surface area contributed by atoms with E-state index in [0.717, 1.165) is 44.9 Å². The van der Waals surface area contributed by atoms with Gasteiger partial charge in [0.2, 0.25) is 5.91 Å². The van der Waals surface area contributed by atoms with Crippen LogP contribution in [0.3, 0.4) is 0 Å². The van der Waals surface area contributed by atoms with Crippen molar-refractivity contribution >= 4 is 5.91 Å². The first-order chi connectivity index (χ1) is 28.7. The molecule has 0 aliphatic heterocycles. The van der Waals surface area contributed by atoms with Crippen molar-refractivity contribution in [3.63, 3.8) is 0 Å². The molecule has 0 bridgehead atoms. The number of carbonyl (C=O) groups excluding carboxylic acids is 1. The minimum absolute atomic E-state index is 0.0808. The van der Waals surface area contributed by atoms with E-state index in [4.69, 9.17) is 0 Å². The first-order valence-electron chi connectivity index (χ1n) is 25.5. The number of aliphatic hydroxyl groups excluding tert-OH is 2. The van der Waals surface area contributed by atoms with Gasteiger partial charge >= 0.3 is 0 Å². The Bertz CT molecular complexity index is 965. The number of rotatable bonds is 46. The Balaban J connectivity index is 3.41. The van der Waals surface area contributed by atoms with E-state index in [1.54, 1.807) is 6.08 Å². The fraction of sp³-hybridized carbons (Fsp3) is 0.796. The van der Waals surface area contributed by atoms with Crippen molar-refractivity contribution in [2.24, 2.45) is 0 Å². The van der Waals surface area contributed by atoms with Crippen molar-refractivity contribution in [3.8, 4) is 0 Å². The molecule has 4 nitrogen and oxygen atoms in total. The Labute approximate surface area is 362 Å². The molecule has 3 N–H and O–H groups in total. The maximum absolute atomic E-state index is 12.3. The summed E-state index contributed by atoms with van der Waals surface area (Å²) in [4.78, 5) is 12.3. The van der Waals surface area contributed by atoms with Crippen molar-refractivity contribution < 1.29 is 15.0 Å². The van der Waals surface area contributed by atoms with Crippen molar-refractivity contribution in [1.29, 1.82) is 0 Å². The van der Waals surface area contributed by atoms with E-state index < -0.39 is 12.1 Å². The minimum Gasteiger partial charge on any atom is -0.394 e. The third kappa shape index (κ3) is 45.2. The number of amides is 1. The molecule has 0 aromatic heterocycles. The molecule has 0 aliphatic rings. The van der Waals surface area contributed by atoms with Crippen LogP contribution in [-0.2, 0) is 4.79 Å². The molecule has 0 aliphatic carbocycles. The Morgan fingerprint density at radius 3 is 1.19 bits per heavy atom. The van der Waals surface area contributed by atoms with Gasteiger partial charge in [0.05, 0.1) is 18.8 Å². The lowest BCUT2D eigenvalue weighted by Gasteiger charge is -2.19. The maximum Gasteiger partial charge on any atom is 0.220 e. The summed E-state index contributed by atoms with van der Waals surface area (Å²) in [6.45, 7) is 4.07. The van der Waals surface area contributed by atoms with Crippen LogP contribution < -0.4 is 5.32 Å². The highest BCUT2D eigenvalue weighted by Gasteiger charge is 2.17. The lowest BCUT2D eigenvalue weighted by atomic mass is 10.0. The van der Waals surface area contributed by atoms with Crippen LogP contribution in [0.15, 0.2) is 60.8 Å². The molecule has 0 spiro atoms. The molecule has 0 saturated carbocycles. The number of hydrogen-bond donors (Lipinski definition) is 3. The largest absolute Gasteiger partial charge is 0.394 e. The SMILES string of the molecule is C/C=C/CC/C=C/CC/C=C/C(O)C(CO)NC(=O)CCCCCCCCCCCCCCCCCCC/C=C\C/C=C\CCCCCCCCCCCCCCC. The molecule has 0 aromatic rings. The molecule has 0 saturated heterocycles. The molecule has 0 heterocycles. The van der Waals surface area contributed by atoms with Crippen molar-refractivity contribution in [1.82, 2.24) is 5.32 Å². The molecule has 0 fully saturated rings. The predicted molar refractivity (Wildman–Crippen MR) is 258 cm³/mol. The fourth-order valence-corrected chi connectivity index (χ4v) is 7.66. The van der Waals surface area contributed by atoms with Gasteiger partial charge in [-0.2, -0.15) is 0 Å². The van der Waals surface area contributed by atoms with E-state index in [0.29, 0.717) is 6.42 Å². The molecule has 2 atom stereocenters. The van der Waals surface area contributed by atoms with Crippen LogP contribution in [0.5, 0.6) is 0 Å². The van der Waals surface area contributed by atoms with E-state index in [-0.39, 0.29) is 12.5 Å². The molecule has 0 aromatic carbocycles. The van der Waals surface area contributed by atoms with E-state index in [2.05, 4.69) is 60.8 Å². The van der Waals surface area contributed by atoms with Crippen LogP contribution in [0, 0.1) is 0 Å². The smallest absolute Gasteiger partial charge is 0.220 e. The third-order valence-electron chi connectivity index (χ3n) is 11.5. The molecule has 0 radical (unpaired) electrons. The average molecular weight is 810 g/mol. The van der Waals surface area contributed by atoms with Gasteiger partial charge in [0.25, 0.3) is 0 Å². The summed E-state index contributed by atoms with van der Waals surface area (Å²) in [5, 5.41) is 22.8. The molecule has 2 unspecified atom stereocenters. The van der Waals surface area contributed by atoms with Crippen molar-refractivity contribution in [3.05, 3.63) is 60.8 Å². The van der Waals surface area contributed by atoms with Gasteiger partial charge in [0, 0.05) is 6.42 Å². The van der Waals surface area contributed by atoms with Gasteiger partial charge in [-0.15, -0.1) is 0 Å². The summed E-state index contributed by atoms with van der Waals surface area (Å²) in [5.74, 6) is -0.0808. The molecule has 58 heavy (non-hydrogen) atoms. The topological polar surface area (TPSA) is 69.6 Å². The number of allylic oxidation sites excluding steroid dienone is 9. The van der Waals surface area contributed by atoms with Gasteiger partial charge in [-0.05, 0) is 71.1 Å². The number of hydrogen-bond acceptors (Lipinski definition) is 3. The number of nitrogens with one attached hydrogen (secondary N) is 1. The minimum atomic E-state index is -0.868. The lowest BCUT2D eigenvalue weighted by molar-refractivity contribution is -0.123. The first-order valence-corrected chi connectivity index (χ1v) is 25.5. The molecular formula is C54H99NO3. The maximum atomic E-state index is 12.3. The standard InChI is InChI=1S/C54H99NO3/c1-3-5-7-9-11-13-14-15-16-17-18-19-20-21-22-23-24-25-26-27-28-29-30-31-32-33-34-35-36-37-38-39-40-42-44-46-48-50-54(58)55-52(51-56)53(57)49-47-45-43-41-12-10-8-6-4-2/h4,6,12,22-23,25-26,41,47,49,52-53,56-57H,3,5,7-11,13-21,24,27-40,42-46,48,50-51H2,1-2H3,(H,55,58)/b6-4+,23-22-,26-25-,41-12+,49-47+. The monoisotopic (exact) mass is 810 g/mol. The van der Waals surface area contributed by atoms with Crippen LogP contribution in [0.1, 0.15) is 258 Å². The Morgan fingerprint density at radius 1 is 0.448 bits per heavy atom. The normalized spacial score (nSPS) is 13.4. The Kier molecular flexibility index (Phi) is 47.8. The predicted octanol–water partition coefficient (Wildman–Crippen LogP) is 16.5. The number of unbranched alkanes of at least 4 members (excludes halogenated alkanes) is 32. The lowest BCUT2D eigenvalue weighted by Crippen LogP contribution is -2.45. The molecule has 1 amide bonds. The van der Waals surface area contributed by atoms with E-state index in [1.807, 2.05) is 13.0 Å². The second-order valence-electron chi connectivity index (χ2n) is 17.2. The summed E-state index contributed by atoms with van der Waals surface area (Å²) < 4.78 is 0. The van der Waals surface area contributed by atoms with Crippen LogP contribution in [0.4, 0.5) is 0 Å². The summed E-state index contributed by atoms with van der Waals surface area (Å²) >= 11 is 0. The fourth-order valence-electron chi connectivity index (χ4n) is 7.66. The van der Waals surface area contributed by atoms with E-state index in [1.165, 1.54) is 193 Å². The van der Waals surface area contributed by atoms with Crippen LogP contribution in [-0.4, -0.2) is 34.9 Å². The van der Waals surface area contributed by atoms with Gasteiger partial charge in [0.15, 0.2) is 0 Å². The third-order valence-corrected chi connectivity index (χ3v) is 11.5. The summed E-state index contributed by atoms with van der Waals surface area (Å²) in [7, 11) is 0. The van der Waals surface area contributed by atoms with Gasteiger partial charge < -0.3 is 15.5 Å². The van der Waals surface area contributed by atoms with Crippen molar-refractivity contribution in [2.75, 3.05) is 6.61 Å². The number of aliphatic hydroxyl groups is 2. The summed E-state index contributed by atoms with van der Waals surface area (Å²) in [6, 6.07) is -0.644.